The van der Waals surface area contributed by atoms with Crippen LogP contribution in [0, 0.1) is 11.3 Å². The van der Waals surface area contributed by atoms with Gasteiger partial charge in [0.25, 0.3) is 0 Å². The zero-order valence-corrected chi connectivity index (χ0v) is 39.6. The van der Waals surface area contributed by atoms with Gasteiger partial charge in [0.15, 0.2) is 0 Å². The van der Waals surface area contributed by atoms with Crippen molar-refractivity contribution in [3.63, 3.8) is 0 Å². The van der Waals surface area contributed by atoms with E-state index in [0.29, 0.717) is 52.7 Å². The van der Waals surface area contributed by atoms with Crippen molar-refractivity contribution < 1.29 is 33.3 Å². The third kappa shape index (κ3) is 17.3. The SMILES string of the molecule is CCCCCCCCCCCCOc1ccc(C(=O)Oc2ccc(-c3cc(-c4ccc(OC(=O)c5ccc(OCCCCCCCCCCCC)cc5)cc4)c(C#N)c(OC)n3)cc2)cc1. The molecule has 0 aliphatic heterocycles. The van der Waals surface area contributed by atoms with Gasteiger partial charge in [0, 0.05) is 11.1 Å². The highest BCUT2D eigenvalue weighted by Crippen LogP contribution is 2.35. The fourth-order valence-electron chi connectivity index (χ4n) is 7.81. The predicted molar refractivity (Wildman–Crippen MR) is 264 cm³/mol. The van der Waals surface area contributed by atoms with Crippen LogP contribution in [-0.4, -0.2) is 37.2 Å². The molecule has 0 radical (unpaired) electrons. The molecule has 0 amide bonds. The number of ether oxygens (including phenoxy) is 5. The summed E-state index contributed by atoms with van der Waals surface area (Å²) in [6, 6.07) is 32.0. The van der Waals surface area contributed by atoms with E-state index in [2.05, 4.69) is 24.9 Å². The van der Waals surface area contributed by atoms with Gasteiger partial charge in [-0.25, -0.2) is 14.6 Å². The zero-order valence-electron chi connectivity index (χ0n) is 39.6. The molecule has 0 bridgehead atoms. The topological polar surface area (TPSA) is 117 Å². The number of aromatic nitrogens is 1. The lowest BCUT2D eigenvalue weighted by Gasteiger charge is -2.13. The number of pyridine rings is 1. The average Bonchev–Trinajstić information content (AvgIpc) is 3.35. The molecule has 0 saturated carbocycles. The maximum Gasteiger partial charge on any atom is 0.343 e. The van der Waals surface area contributed by atoms with Crippen LogP contribution in [0.5, 0.6) is 28.9 Å². The van der Waals surface area contributed by atoms with Gasteiger partial charge in [-0.1, -0.05) is 142 Å². The van der Waals surface area contributed by atoms with Crippen molar-refractivity contribution >= 4 is 11.9 Å². The molecule has 5 aromatic rings. The minimum Gasteiger partial charge on any atom is -0.494 e. The van der Waals surface area contributed by atoms with E-state index in [9.17, 15) is 14.9 Å². The number of benzene rings is 4. The number of nitrogens with zero attached hydrogens (tertiary/aromatic N) is 2. The number of methoxy groups -OCH3 is 1. The number of nitriles is 1. The summed E-state index contributed by atoms with van der Waals surface area (Å²) in [5, 5.41) is 10.1. The molecule has 0 fully saturated rings. The largest absolute Gasteiger partial charge is 0.494 e. The lowest BCUT2D eigenvalue weighted by atomic mass is 9.98. The van der Waals surface area contributed by atoms with E-state index in [0.717, 1.165) is 42.7 Å². The van der Waals surface area contributed by atoms with Crippen molar-refractivity contribution in [1.29, 1.82) is 5.26 Å². The van der Waals surface area contributed by atoms with Crippen molar-refractivity contribution in [2.24, 2.45) is 0 Å². The maximum atomic E-state index is 13.0. The number of unbranched alkanes of at least 4 members (excludes halogenated alkanes) is 18. The lowest BCUT2D eigenvalue weighted by molar-refractivity contribution is 0.0725. The van der Waals surface area contributed by atoms with E-state index >= 15 is 0 Å². The summed E-state index contributed by atoms with van der Waals surface area (Å²) in [7, 11) is 1.47. The number of hydrogen-bond donors (Lipinski definition) is 0. The molecular weight excluding hydrogens is 825 g/mol. The third-order valence-electron chi connectivity index (χ3n) is 11.7. The summed E-state index contributed by atoms with van der Waals surface area (Å²) >= 11 is 0. The van der Waals surface area contributed by atoms with Crippen LogP contribution in [0.4, 0.5) is 0 Å². The first-order valence-electron chi connectivity index (χ1n) is 24.5. The van der Waals surface area contributed by atoms with Gasteiger partial charge in [-0.05, 0) is 109 Å². The number of carbonyl (C=O) groups is 2. The maximum absolute atomic E-state index is 13.0. The average molecular weight is 895 g/mol. The van der Waals surface area contributed by atoms with Crippen LogP contribution in [0.25, 0.3) is 22.4 Å². The minimum absolute atomic E-state index is 0.169. The van der Waals surface area contributed by atoms with Crippen molar-refractivity contribution in [2.45, 2.75) is 142 Å². The molecule has 1 heterocycles. The van der Waals surface area contributed by atoms with Crippen LogP contribution >= 0.6 is 0 Å². The molecule has 0 aliphatic carbocycles. The molecule has 350 valence electrons. The van der Waals surface area contributed by atoms with Crippen LogP contribution in [0.15, 0.2) is 103 Å². The first-order chi connectivity index (χ1) is 32.4. The standard InChI is InChI=1S/C57H70N2O7/c1-4-6-8-10-12-14-16-18-20-22-40-63-48-32-28-46(29-33-48)56(60)65-50-36-24-44(25-37-50)52-42-54(59-55(62-3)53(52)43-58)45-26-38-51(39-27-45)66-57(61)47-30-34-49(35-31-47)64-41-23-21-19-17-15-13-11-9-7-5-2/h24-39,42H,4-23,40-41H2,1-3H3. The van der Waals surface area contributed by atoms with Crippen LogP contribution < -0.4 is 23.7 Å². The van der Waals surface area contributed by atoms with Gasteiger partial charge < -0.3 is 23.7 Å². The molecule has 5 rings (SSSR count). The number of rotatable bonds is 31. The van der Waals surface area contributed by atoms with Crippen LogP contribution in [0.3, 0.4) is 0 Å². The molecule has 4 aromatic carbocycles. The molecule has 1 aromatic heterocycles. The molecule has 66 heavy (non-hydrogen) atoms. The van der Waals surface area contributed by atoms with Crippen molar-refractivity contribution in [3.05, 3.63) is 120 Å². The van der Waals surface area contributed by atoms with Crippen LogP contribution in [0.2, 0.25) is 0 Å². The summed E-state index contributed by atoms with van der Waals surface area (Å²) in [5.74, 6) is 1.40. The Labute approximate surface area is 393 Å². The van der Waals surface area contributed by atoms with Crippen molar-refractivity contribution in [3.8, 4) is 57.3 Å². The molecule has 0 unspecified atom stereocenters. The van der Waals surface area contributed by atoms with E-state index in [1.807, 2.05) is 6.07 Å². The Morgan fingerprint density at radius 3 is 1.23 bits per heavy atom. The quantitative estimate of drug-likeness (QED) is 0.0243. The number of esters is 2. The Balaban J connectivity index is 1.08. The Bertz CT molecular complexity index is 2210. The van der Waals surface area contributed by atoms with Gasteiger partial charge in [-0.15, -0.1) is 0 Å². The Morgan fingerprint density at radius 1 is 0.485 bits per heavy atom. The first kappa shape index (κ1) is 50.9. The predicted octanol–water partition coefficient (Wildman–Crippen LogP) is 15.3. The summed E-state index contributed by atoms with van der Waals surface area (Å²) in [5.41, 5.74) is 3.68. The van der Waals surface area contributed by atoms with Gasteiger partial charge in [-0.2, -0.15) is 5.26 Å². The fraction of sp³-hybridized carbons (Fsp3) is 0.439. The highest BCUT2D eigenvalue weighted by Gasteiger charge is 2.18. The molecule has 0 aliphatic rings. The van der Waals surface area contributed by atoms with E-state index < -0.39 is 11.9 Å². The van der Waals surface area contributed by atoms with Crippen molar-refractivity contribution in [2.75, 3.05) is 20.3 Å². The Kier molecular flexibility index (Phi) is 22.7. The van der Waals surface area contributed by atoms with Gasteiger partial charge in [0.2, 0.25) is 5.88 Å². The molecule has 9 nitrogen and oxygen atoms in total. The second-order valence-electron chi connectivity index (χ2n) is 17.0. The number of hydrogen-bond acceptors (Lipinski definition) is 9. The smallest absolute Gasteiger partial charge is 0.343 e. The van der Waals surface area contributed by atoms with Gasteiger partial charge in [0.1, 0.15) is 34.6 Å². The molecule has 0 N–H and O–H groups in total. The zero-order chi connectivity index (χ0) is 46.6. The summed E-state index contributed by atoms with van der Waals surface area (Å²) in [4.78, 5) is 30.6. The van der Waals surface area contributed by atoms with E-state index in [4.69, 9.17) is 23.7 Å². The first-order valence-corrected chi connectivity index (χ1v) is 24.5. The molecule has 9 heteroatoms. The van der Waals surface area contributed by atoms with Gasteiger partial charge in [-0.3, -0.25) is 0 Å². The van der Waals surface area contributed by atoms with E-state index in [1.54, 1.807) is 97.1 Å². The molecule has 0 atom stereocenters. The number of carbonyl (C=O) groups excluding carboxylic acids is 2. The molecule has 0 spiro atoms. The fourth-order valence-corrected chi connectivity index (χ4v) is 7.81. The summed E-state index contributed by atoms with van der Waals surface area (Å²) in [6.45, 7) is 5.81. The van der Waals surface area contributed by atoms with Gasteiger partial charge >= 0.3 is 11.9 Å². The van der Waals surface area contributed by atoms with Crippen LogP contribution in [0.1, 0.15) is 169 Å². The Hall–Kier alpha value is -6.14. The normalized spacial score (nSPS) is 10.9. The monoisotopic (exact) mass is 895 g/mol. The van der Waals surface area contributed by atoms with Crippen molar-refractivity contribution in [1.82, 2.24) is 4.98 Å². The van der Waals surface area contributed by atoms with Gasteiger partial charge in [0.05, 0.1) is 37.1 Å². The minimum atomic E-state index is -0.485. The summed E-state index contributed by atoms with van der Waals surface area (Å²) in [6.07, 6.45) is 25.5. The van der Waals surface area contributed by atoms with Crippen LogP contribution in [-0.2, 0) is 0 Å². The third-order valence-corrected chi connectivity index (χ3v) is 11.7. The Morgan fingerprint density at radius 2 is 0.848 bits per heavy atom. The second kappa shape index (κ2) is 29.4. The lowest BCUT2D eigenvalue weighted by Crippen LogP contribution is -2.08. The molecule has 0 saturated heterocycles. The van der Waals surface area contributed by atoms with E-state index in [-0.39, 0.29) is 11.4 Å². The highest BCUT2D eigenvalue weighted by molar-refractivity contribution is 5.92. The van der Waals surface area contributed by atoms with E-state index in [1.165, 1.54) is 110 Å². The second-order valence-corrected chi connectivity index (χ2v) is 17.0. The summed E-state index contributed by atoms with van der Waals surface area (Å²) < 4.78 is 28.7. The molecular formula is C57H70N2O7. The highest BCUT2D eigenvalue weighted by atomic mass is 16.5.